The number of hydrogen-bond donors (Lipinski definition) is 0. The first-order valence-corrected chi connectivity index (χ1v) is 34.8. The van der Waals surface area contributed by atoms with Crippen molar-refractivity contribution in [3.05, 3.63) is 46.6 Å². The summed E-state index contributed by atoms with van der Waals surface area (Å²) >= 11 is -4.34. The normalized spacial score (nSPS) is 23.2. The van der Waals surface area contributed by atoms with Gasteiger partial charge in [-0.3, -0.25) is 0 Å². The molecule has 2 rings (SSSR count). The third kappa shape index (κ3) is 5.57. The summed E-state index contributed by atoms with van der Waals surface area (Å²) in [5.41, 5.74) is 6.16. The number of halogens is 2. The summed E-state index contributed by atoms with van der Waals surface area (Å²) in [7, 11) is 16.2. The summed E-state index contributed by atoms with van der Waals surface area (Å²) in [6.07, 6.45) is 22.1. The van der Waals surface area contributed by atoms with E-state index in [9.17, 15) is 0 Å². The summed E-state index contributed by atoms with van der Waals surface area (Å²) in [5.74, 6) is -1.28. The Hall–Kier alpha value is 0.627. The fourth-order valence-corrected chi connectivity index (χ4v) is 46.0. The molecule has 2 aliphatic carbocycles. The van der Waals surface area contributed by atoms with Crippen LogP contribution in [0.15, 0.2) is 46.6 Å². The molecule has 0 saturated carbocycles. The van der Waals surface area contributed by atoms with Crippen molar-refractivity contribution < 1.29 is 15.3 Å². The average molecular weight is 635 g/mol. The van der Waals surface area contributed by atoms with Gasteiger partial charge in [0.05, 0.1) is 0 Å². The molecule has 0 spiro atoms. The van der Waals surface area contributed by atoms with Crippen molar-refractivity contribution >= 4 is 23.1 Å². The Morgan fingerprint density at radius 3 is 1.40 bits per heavy atom. The Labute approximate surface area is 196 Å². The minimum atomic E-state index is -4.34. The van der Waals surface area contributed by atoms with Crippen LogP contribution in [-0.2, 0) is 15.3 Å². The van der Waals surface area contributed by atoms with Crippen LogP contribution in [0.4, 0.5) is 0 Å². The van der Waals surface area contributed by atoms with Gasteiger partial charge < -0.3 is 0 Å². The third-order valence-electron chi connectivity index (χ3n) is 7.31. The van der Waals surface area contributed by atoms with E-state index in [2.05, 4.69) is 65.1 Å². The Morgan fingerprint density at radius 2 is 1.10 bits per heavy atom. The van der Waals surface area contributed by atoms with Gasteiger partial charge in [0.15, 0.2) is 0 Å². The summed E-state index contributed by atoms with van der Waals surface area (Å²) < 4.78 is 0.717. The van der Waals surface area contributed by atoms with E-state index in [4.69, 9.17) is 17.2 Å². The van der Waals surface area contributed by atoms with Crippen molar-refractivity contribution in [3.63, 3.8) is 0 Å². The van der Waals surface area contributed by atoms with Crippen LogP contribution < -0.4 is 0 Å². The molecule has 0 heterocycles. The fourth-order valence-electron chi connectivity index (χ4n) is 5.44. The average Bonchev–Trinajstić information content (AvgIpc) is 3.30. The molecule has 0 radical (unpaired) electrons. The van der Waals surface area contributed by atoms with Crippen LogP contribution in [0.1, 0.15) is 91.9 Å². The Bertz CT molecular complexity index is 661. The van der Waals surface area contributed by atoms with Crippen LogP contribution in [0.25, 0.3) is 0 Å². The van der Waals surface area contributed by atoms with Gasteiger partial charge in [0.25, 0.3) is 0 Å². The van der Waals surface area contributed by atoms with Crippen molar-refractivity contribution in [2.24, 2.45) is 0 Å². The molecule has 0 fully saturated rings. The molecule has 0 aromatic rings. The van der Waals surface area contributed by atoms with E-state index in [1.165, 1.54) is 62.5 Å². The van der Waals surface area contributed by atoms with Gasteiger partial charge in [-0.1, -0.05) is 0 Å². The molecule has 0 saturated heterocycles. The van der Waals surface area contributed by atoms with Crippen LogP contribution >= 0.6 is 17.2 Å². The Balaban J connectivity index is 2.56. The molecule has 0 N–H and O–H groups in total. The van der Waals surface area contributed by atoms with Gasteiger partial charge in [0.1, 0.15) is 0 Å². The van der Waals surface area contributed by atoms with E-state index < -0.39 is 21.3 Å². The molecule has 0 aliphatic heterocycles. The molecule has 30 heavy (non-hydrogen) atoms. The SMILES string of the molecule is CCCCC1=CC(CCC)=C[CH]1[Hf]([Cl])([Cl])([CH]1C=C(CCC)C=C1CCCC)[SiH](C)C. The van der Waals surface area contributed by atoms with E-state index >= 15 is 0 Å². The predicted octanol–water partition coefficient (Wildman–Crippen LogP) is 10.3. The van der Waals surface area contributed by atoms with Crippen LogP contribution in [0.5, 0.6) is 0 Å². The van der Waals surface area contributed by atoms with Gasteiger partial charge in [-0.05, 0) is 0 Å². The van der Waals surface area contributed by atoms with E-state index in [0.29, 0.717) is 7.35 Å². The molecule has 4 heteroatoms. The third-order valence-corrected chi connectivity index (χ3v) is 80.7. The summed E-state index contributed by atoms with van der Waals surface area (Å²) in [6.45, 7) is 14.1. The number of rotatable bonds is 13. The first-order chi connectivity index (χ1) is 14.2. The topological polar surface area (TPSA) is 0 Å². The maximum absolute atomic E-state index is 8.10. The minimum absolute atomic E-state index is 0.359. The second-order valence-corrected chi connectivity index (χ2v) is 69.6. The molecule has 2 unspecified atom stereocenters. The maximum atomic E-state index is 8.10. The number of hydrogen-bond acceptors (Lipinski definition) is 0. The van der Waals surface area contributed by atoms with Gasteiger partial charge in [-0.2, -0.15) is 0 Å². The van der Waals surface area contributed by atoms with Gasteiger partial charge >= 0.3 is 197 Å². The zero-order chi connectivity index (χ0) is 22.4. The summed E-state index contributed by atoms with van der Waals surface area (Å²) in [4.78, 5) is 0. The first-order valence-electron chi connectivity index (χ1n) is 12.6. The number of unbranched alkanes of at least 4 members (excludes halogenated alkanes) is 2. The van der Waals surface area contributed by atoms with Crippen molar-refractivity contribution in [1.82, 2.24) is 0 Å². The molecule has 0 nitrogen and oxygen atoms in total. The molecule has 2 atom stereocenters. The molecule has 2 aliphatic rings. The van der Waals surface area contributed by atoms with Crippen molar-refractivity contribution in [2.45, 2.75) is 112 Å². The Morgan fingerprint density at radius 1 is 0.700 bits per heavy atom. The first kappa shape index (κ1) is 26.9. The molecule has 0 amide bonds. The number of allylic oxidation sites excluding steroid dienone is 8. The van der Waals surface area contributed by atoms with E-state index in [-0.39, 0.29) is 0 Å². The monoisotopic (exact) mass is 635 g/mol. The van der Waals surface area contributed by atoms with Crippen molar-refractivity contribution in [3.8, 4) is 0 Å². The van der Waals surface area contributed by atoms with Gasteiger partial charge in [-0.25, -0.2) is 0 Å². The van der Waals surface area contributed by atoms with E-state index in [1.54, 1.807) is 11.1 Å². The van der Waals surface area contributed by atoms with E-state index in [1.807, 2.05) is 0 Å². The van der Waals surface area contributed by atoms with Crippen LogP contribution in [0, 0.1) is 0 Å². The molecule has 171 valence electrons. The standard InChI is InChI=1S/2C12H19.C2H7Si.2ClH.Hf/c2*1-3-5-7-12-9-8-11(10-12)6-4-2;1-3-2;;;/h2*8-10H,3-7H2,1-2H3;3H,1-2H3;2*1H;/q;;;;;+2/p-2. The quantitative estimate of drug-likeness (QED) is 0.177. The Kier molecular flexibility index (Phi) is 10.4. The summed E-state index contributed by atoms with van der Waals surface area (Å²) in [6, 6.07) is 0. The van der Waals surface area contributed by atoms with Gasteiger partial charge in [0.2, 0.25) is 0 Å². The molecule has 0 bridgehead atoms. The second-order valence-electron chi connectivity index (χ2n) is 9.96. The molecule has 0 aromatic carbocycles. The zero-order valence-electron chi connectivity index (χ0n) is 20.4. The van der Waals surface area contributed by atoms with Crippen LogP contribution in [0.2, 0.25) is 20.4 Å². The summed E-state index contributed by atoms with van der Waals surface area (Å²) in [5, 5.41) is 0. The van der Waals surface area contributed by atoms with Gasteiger partial charge in [0, 0.05) is 0 Å². The fraction of sp³-hybridized carbons (Fsp3) is 0.692. The second kappa shape index (κ2) is 11.7. The van der Waals surface area contributed by atoms with Crippen molar-refractivity contribution in [2.75, 3.05) is 0 Å². The molecular formula is C26H45Cl2HfSi. The van der Waals surface area contributed by atoms with Crippen molar-refractivity contribution in [1.29, 1.82) is 0 Å². The van der Waals surface area contributed by atoms with Gasteiger partial charge in [-0.15, -0.1) is 0 Å². The molecular weight excluding hydrogens is 590 g/mol. The predicted molar refractivity (Wildman–Crippen MR) is 139 cm³/mol. The van der Waals surface area contributed by atoms with Crippen LogP contribution in [0.3, 0.4) is 0 Å². The van der Waals surface area contributed by atoms with Crippen LogP contribution in [-0.4, -0.2) is 5.98 Å². The zero-order valence-corrected chi connectivity index (χ0v) is 26.6. The molecule has 0 aromatic heterocycles. The van der Waals surface area contributed by atoms with E-state index in [0.717, 1.165) is 12.8 Å².